The number of amides is 2. The van der Waals surface area contributed by atoms with Gasteiger partial charge in [-0.2, -0.15) is 0 Å². The predicted octanol–water partition coefficient (Wildman–Crippen LogP) is 3.27. The molecular weight excluding hydrogens is 398 g/mol. The van der Waals surface area contributed by atoms with Crippen LogP contribution in [-0.4, -0.2) is 32.3 Å². The number of aryl methyl sites for hydroxylation is 1. The van der Waals surface area contributed by atoms with Crippen molar-refractivity contribution in [3.63, 3.8) is 0 Å². The van der Waals surface area contributed by atoms with E-state index in [2.05, 4.69) is 20.8 Å². The molecular formula is C22H25N5O2S. The zero-order valence-corrected chi connectivity index (χ0v) is 18.1. The first-order chi connectivity index (χ1) is 14.4. The number of rotatable bonds is 8. The van der Waals surface area contributed by atoms with Crippen molar-refractivity contribution in [2.75, 3.05) is 11.1 Å². The van der Waals surface area contributed by atoms with E-state index in [0.717, 1.165) is 16.8 Å². The van der Waals surface area contributed by atoms with E-state index < -0.39 is 0 Å². The van der Waals surface area contributed by atoms with Gasteiger partial charge in [0.1, 0.15) is 5.82 Å². The molecule has 3 rings (SSSR count). The van der Waals surface area contributed by atoms with E-state index in [-0.39, 0.29) is 30.0 Å². The van der Waals surface area contributed by atoms with Crippen molar-refractivity contribution in [2.24, 2.45) is 7.05 Å². The number of nitrogens with one attached hydrogen (secondary N) is 2. The maximum absolute atomic E-state index is 12.3. The molecule has 0 aliphatic carbocycles. The summed E-state index contributed by atoms with van der Waals surface area (Å²) in [5.74, 6) is 0.511. The van der Waals surface area contributed by atoms with Gasteiger partial charge in [-0.05, 0) is 31.5 Å². The second kappa shape index (κ2) is 10.1. The molecule has 30 heavy (non-hydrogen) atoms. The molecule has 2 aromatic carbocycles. The summed E-state index contributed by atoms with van der Waals surface area (Å²) in [7, 11) is 1.79. The van der Waals surface area contributed by atoms with E-state index in [1.807, 2.05) is 68.4 Å². The van der Waals surface area contributed by atoms with Crippen molar-refractivity contribution < 1.29 is 9.59 Å². The molecule has 156 valence electrons. The smallest absolute Gasteiger partial charge is 0.232 e. The molecule has 0 radical (unpaired) electrons. The van der Waals surface area contributed by atoms with Crippen molar-refractivity contribution in [1.29, 1.82) is 0 Å². The fourth-order valence-electron chi connectivity index (χ4n) is 2.85. The lowest BCUT2D eigenvalue weighted by molar-refractivity contribution is -0.119. The van der Waals surface area contributed by atoms with E-state index in [9.17, 15) is 9.59 Å². The molecule has 0 saturated heterocycles. The molecule has 0 unspecified atom stereocenters. The molecule has 0 aliphatic heterocycles. The topological polar surface area (TPSA) is 88.9 Å². The molecule has 0 bridgehead atoms. The first kappa shape index (κ1) is 21.6. The number of carbonyl (C=O) groups is 2. The third-order valence-electron chi connectivity index (χ3n) is 4.59. The zero-order valence-electron chi connectivity index (χ0n) is 17.3. The highest BCUT2D eigenvalue weighted by Gasteiger charge is 2.15. The van der Waals surface area contributed by atoms with Gasteiger partial charge in [-0.3, -0.25) is 9.59 Å². The van der Waals surface area contributed by atoms with Crippen LogP contribution in [0, 0.1) is 6.92 Å². The van der Waals surface area contributed by atoms with Crippen molar-refractivity contribution in [3.8, 4) is 0 Å². The van der Waals surface area contributed by atoms with Gasteiger partial charge in [0.2, 0.25) is 11.8 Å². The van der Waals surface area contributed by atoms with Crippen LogP contribution in [0.15, 0.2) is 59.8 Å². The molecule has 0 fully saturated rings. The van der Waals surface area contributed by atoms with Crippen molar-refractivity contribution in [3.05, 3.63) is 71.5 Å². The molecule has 0 aliphatic rings. The minimum atomic E-state index is -0.166. The summed E-state index contributed by atoms with van der Waals surface area (Å²) in [5.41, 5.74) is 2.92. The second-order valence-electron chi connectivity index (χ2n) is 7.04. The molecule has 7 nitrogen and oxygen atoms in total. The average molecular weight is 424 g/mol. The predicted molar refractivity (Wildman–Crippen MR) is 118 cm³/mol. The SMILES string of the molecule is Cc1ccc(NC(=O)Cc2nnc(SCC(=O)N[C@H](C)c3ccccc3)n2C)cc1. The van der Waals surface area contributed by atoms with Gasteiger partial charge in [0.15, 0.2) is 5.16 Å². The lowest BCUT2D eigenvalue weighted by atomic mass is 10.1. The molecule has 0 saturated carbocycles. The standard InChI is InChI=1S/C22H25N5O2S/c1-15-9-11-18(12-10-15)24-20(28)13-19-25-26-22(27(19)3)30-14-21(29)23-16(2)17-7-5-4-6-8-17/h4-12,16H,13-14H2,1-3H3,(H,23,29)(H,24,28)/t16-/m1/s1. The molecule has 2 N–H and O–H groups in total. The van der Waals surface area contributed by atoms with Crippen LogP contribution in [0.2, 0.25) is 0 Å². The van der Waals surface area contributed by atoms with Crippen molar-refractivity contribution in [1.82, 2.24) is 20.1 Å². The minimum Gasteiger partial charge on any atom is -0.349 e. The lowest BCUT2D eigenvalue weighted by Gasteiger charge is -2.14. The molecule has 8 heteroatoms. The second-order valence-corrected chi connectivity index (χ2v) is 7.98. The molecule has 1 aromatic heterocycles. The quantitative estimate of drug-likeness (QED) is 0.543. The van der Waals surface area contributed by atoms with Gasteiger partial charge in [-0.15, -0.1) is 10.2 Å². The van der Waals surface area contributed by atoms with Gasteiger partial charge in [0.05, 0.1) is 18.2 Å². The van der Waals surface area contributed by atoms with Crippen molar-refractivity contribution >= 4 is 29.3 Å². The largest absolute Gasteiger partial charge is 0.349 e. The van der Waals surface area contributed by atoms with Crippen LogP contribution in [0.1, 0.15) is 29.9 Å². The maximum atomic E-state index is 12.3. The molecule has 2 amide bonds. The van der Waals surface area contributed by atoms with E-state index in [1.165, 1.54) is 11.8 Å². The van der Waals surface area contributed by atoms with E-state index in [1.54, 1.807) is 11.6 Å². The summed E-state index contributed by atoms with van der Waals surface area (Å²) < 4.78 is 1.74. The molecule has 1 atom stereocenters. The molecule has 0 spiro atoms. The van der Waals surface area contributed by atoms with Crippen LogP contribution in [0.4, 0.5) is 5.69 Å². The third kappa shape index (κ3) is 5.93. The summed E-state index contributed by atoms with van der Waals surface area (Å²) in [6, 6.07) is 17.3. The molecule has 1 heterocycles. The summed E-state index contributed by atoms with van der Waals surface area (Å²) in [6.07, 6.45) is 0.106. The van der Waals surface area contributed by atoms with E-state index >= 15 is 0 Å². The Hall–Kier alpha value is -3.13. The Morgan fingerprint density at radius 3 is 2.43 bits per heavy atom. The highest BCUT2D eigenvalue weighted by molar-refractivity contribution is 7.99. The van der Waals surface area contributed by atoms with Gasteiger partial charge in [0, 0.05) is 12.7 Å². The van der Waals surface area contributed by atoms with E-state index in [4.69, 9.17) is 0 Å². The van der Waals surface area contributed by atoms with Crippen LogP contribution >= 0.6 is 11.8 Å². The summed E-state index contributed by atoms with van der Waals surface area (Å²) >= 11 is 1.29. The number of aromatic nitrogens is 3. The van der Waals surface area contributed by atoms with Crippen LogP contribution in [0.5, 0.6) is 0 Å². The van der Waals surface area contributed by atoms with Crippen LogP contribution in [0.25, 0.3) is 0 Å². The van der Waals surface area contributed by atoms with E-state index in [0.29, 0.717) is 11.0 Å². The Bertz CT molecular complexity index is 1000. The normalized spacial score (nSPS) is 11.7. The monoisotopic (exact) mass is 423 g/mol. The fourth-order valence-corrected chi connectivity index (χ4v) is 3.59. The third-order valence-corrected chi connectivity index (χ3v) is 5.61. The maximum Gasteiger partial charge on any atom is 0.232 e. The Morgan fingerprint density at radius 2 is 1.73 bits per heavy atom. The first-order valence-electron chi connectivity index (χ1n) is 9.64. The molecule has 3 aromatic rings. The minimum absolute atomic E-state index is 0.0696. The number of hydrogen-bond donors (Lipinski definition) is 2. The Kier molecular flexibility index (Phi) is 7.24. The van der Waals surface area contributed by atoms with Gasteiger partial charge < -0.3 is 15.2 Å². The van der Waals surface area contributed by atoms with Gasteiger partial charge in [-0.1, -0.05) is 59.8 Å². The number of hydrogen-bond acceptors (Lipinski definition) is 5. The number of anilines is 1. The number of carbonyl (C=O) groups excluding carboxylic acids is 2. The number of benzene rings is 2. The summed E-state index contributed by atoms with van der Waals surface area (Å²) in [5, 5.41) is 14.6. The number of thioether (sulfide) groups is 1. The van der Waals surface area contributed by atoms with Crippen LogP contribution in [0.3, 0.4) is 0 Å². The van der Waals surface area contributed by atoms with Gasteiger partial charge >= 0.3 is 0 Å². The van der Waals surface area contributed by atoms with Crippen LogP contribution < -0.4 is 10.6 Å². The highest BCUT2D eigenvalue weighted by atomic mass is 32.2. The lowest BCUT2D eigenvalue weighted by Crippen LogP contribution is -2.28. The highest BCUT2D eigenvalue weighted by Crippen LogP contribution is 2.17. The van der Waals surface area contributed by atoms with Crippen molar-refractivity contribution in [2.45, 2.75) is 31.5 Å². The average Bonchev–Trinajstić information content (AvgIpc) is 3.08. The Labute approximate surface area is 180 Å². The fraction of sp³-hybridized carbons (Fsp3) is 0.273. The summed E-state index contributed by atoms with van der Waals surface area (Å²) in [6.45, 7) is 3.94. The van der Waals surface area contributed by atoms with Gasteiger partial charge in [0.25, 0.3) is 0 Å². The Morgan fingerprint density at radius 1 is 1.03 bits per heavy atom. The number of nitrogens with zero attached hydrogens (tertiary/aromatic N) is 3. The zero-order chi connectivity index (χ0) is 21.5. The Balaban J connectivity index is 1.50. The first-order valence-corrected chi connectivity index (χ1v) is 10.6. The summed E-state index contributed by atoms with van der Waals surface area (Å²) in [4.78, 5) is 24.6. The van der Waals surface area contributed by atoms with Gasteiger partial charge in [-0.25, -0.2) is 0 Å². The van der Waals surface area contributed by atoms with Crippen LogP contribution in [-0.2, 0) is 23.1 Å².